The summed E-state index contributed by atoms with van der Waals surface area (Å²) >= 11 is 2.74. The predicted molar refractivity (Wildman–Crippen MR) is 79.6 cm³/mol. The number of rotatable bonds is 4. The molecule has 0 aromatic heterocycles. The van der Waals surface area contributed by atoms with Gasteiger partial charge in [-0.1, -0.05) is 28.1 Å². The maximum Gasteiger partial charge on any atom is 0.417 e. The molecule has 0 bridgehead atoms. The average molecular weight is 412 g/mol. The Kier molecular flexibility index (Phi) is 5.12. The number of benzene rings is 2. The van der Waals surface area contributed by atoms with Crippen LogP contribution in [0.4, 0.5) is 17.6 Å². The van der Waals surface area contributed by atoms with Crippen molar-refractivity contribution in [2.75, 3.05) is 0 Å². The van der Waals surface area contributed by atoms with E-state index in [-0.39, 0.29) is 11.0 Å². The third-order valence-electron chi connectivity index (χ3n) is 2.93. The molecule has 0 aliphatic rings. The second-order valence-electron chi connectivity index (χ2n) is 4.59. The van der Waals surface area contributed by atoms with Gasteiger partial charge in [0.05, 0.1) is 10.5 Å². The maximum absolute atomic E-state index is 12.8. The summed E-state index contributed by atoms with van der Waals surface area (Å²) in [5.74, 6) is -0.473. The first-order valence-electron chi connectivity index (χ1n) is 6.20. The van der Waals surface area contributed by atoms with Crippen LogP contribution >= 0.6 is 15.9 Å². The SMILES string of the molecule is O=S(=O)(NCc1ccc(F)cc1)c1ccc(Br)c(C(F)(F)F)c1. The average Bonchev–Trinajstić information content (AvgIpc) is 2.46. The summed E-state index contributed by atoms with van der Waals surface area (Å²) in [6.45, 7) is -0.167. The van der Waals surface area contributed by atoms with E-state index in [1.165, 1.54) is 12.1 Å². The Hall–Kier alpha value is -1.45. The molecular weight excluding hydrogens is 402 g/mol. The van der Waals surface area contributed by atoms with Crippen LogP contribution in [0, 0.1) is 5.82 Å². The summed E-state index contributed by atoms with van der Waals surface area (Å²) in [5, 5.41) is 0. The molecule has 1 N–H and O–H groups in total. The van der Waals surface area contributed by atoms with E-state index in [2.05, 4.69) is 20.7 Å². The van der Waals surface area contributed by atoms with E-state index in [0.29, 0.717) is 11.6 Å². The summed E-state index contributed by atoms with van der Waals surface area (Å²) in [6, 6.07) is 7.70. The first-order valence-corrected chi connectivity index (χ1v) is 8.48. The smallest absolute Gasteiger partial charge is 0.207 e. The van der Waals surface area contributed by atoms with Gasteiger partial charge in [0.1, 0.15) is 5.82 Å². The van der Waals surface area contributed by atoms with Crippen LogP contribution in [0.1, 0.15) is 11.1 Å². The van der Waals surface area contributed by atoms with Crippen LogP contribution in [0.25, 0.3) is 0 Å². The molecule has 0 atom stereocenters. The number of alkyl halides is 3. The van der Waals surface area contributed by atoms with E-state index in [9.17, 15) is 26.0 Å². The quantitative estimate of drug-likeness (QED) is 0.770. The van der Waals surface area contributed by atoms with Gasteiger partial charge < -0.3 is 0 Å². The van der Waals surface area contributed by atoms with Gasteiger partial charge in [-0.15, -0.1) is 0 Å². The molecule has 0 radical (unpaired) electrons. The minimum Gasteiger partial charge on any atom is -0.207 e. The second-order valence-corrected chi connectivity index (χ2v) is 7.21. The molecule has 0 saturated heterocycles. The molecule has 2 aromatic carbocycles. The number of halogens is 5. The van der Waals surface area contributed by atoms with Crippen molar-refractivity contribution in [3.05, 3.63) is 63.9 Å². The van der Waals surface area contributed by atoms with Crippen molar-refractivity contribution in [1.82, 2.24) is 4.72 Å². The molecule has 0 saturated carbocycles. The molecule has 3 nitrogen and oxygen atoms in total. The molecule has 9 heteroatoms. The lowest BCUT2D eigenvalue weighted by Gasteiger charge is -2.12. The summed E-state index contributed by atoms with van der Waals surface area (Å²) in [4.78, 5) is -0.505. The van der Waals surface area contributed by atoms with Crippen LogP contribution in [-0.4, -0.2) is 8.42 Å². The molecule has 0 aliphatic heterocycles. The highest BCUT2D eigenvalue weighted by atomic mass is 79.9. The van der Waals surface area contributed by atoms with Crippen molar-refractivity contribution < 1.29 is 26.0 Å². The van der Waals surface area contributed by atoms with Gasteiger partial charge in [0.15, 0.2) is 0 Å². The standard InChI is InChI=1S/C14H10BrF4NO2S/c15-13-6-5-11(7-12(13)14(17,18)19)23(21,22)20-8-9-1-3-10(16)4-2-9/h1-7,20H,8H2. The van der Waals surface area contributed by atoms with Crippen molar-refractivity contribution in [2.24, 2.45) is 0 Å². The molecule has 124 valence electrons. The van der Waals surface area contributed by atoms with Crippen LogP contribution < -0.4 is 4.72 Å². The fourth-order valence-electron chi connectivity index (χ4n) is 1.75. The molecule has 0 amide bonds. The van der Waals surface area contributed by atoms with Gasteiger partial charge in [-0.2, -0.15) is 13.2 Å². The summed E-state index contributed by atoms with van der Waals surface area (Å²) in [6.07, 6.45) is -4.68. The molecule has 0 fully saturated rings. The zero-order valence-electron chi connectivity index (χ0n) is 11.4. The maximum atomic E-state index is 12.8. The molecule has 0 heterocycles. The molecular formula is C14H10BrF4NO2S. The Morgan fingerprint density at radius 2 is 1.65 bits per heavy atom. The van der Waals surface area contributed by atoms with Gasteiger partial charge in [-0.3, -0.25) is 0 Å². The van der Waals surface area contributed by atoms with Gasteiger partial charge in [0, 0.05) is 11.0 Å². The van der Waals surface area contributed by atoms with E-state index >= 15 is 0 Å². The van der Waals surface area contributed by atoms with Crippen molar-refractivity contribution in [3.8, 4) is 0 Å². The van der Waals surface area contributed by atoms with Gasteiger partial charge in [-0.05, 0) is 35.9 Å². The largest absolute Gasteiger partial charge is 0.417 e. The molecule has 0 unspecified atom stereocenters. The first kappa shape index (κ1) is 17.9. The van der Waals surface area contributed by atoms with Gasteiger partial charge >= 0.3 is 6.18 Å². The Morgan fingerprint density at radius 1 is 1.04 bits per heavy atom. The molecule has 0 aliphatic carbocycles. The van der Waals surface area contributed by atoms with Crippen molar-refractivity contribution >= 4 is 26.0 Å². The van der Waals surface area contributed by atoms with Crippen molar-refractivity contribution in [2.45, 2.75) is 17.6 Å². The highest BCUT2D eigenvalue weighted by molar-refractivity contribution is 9.10. The van der Waals surface area contributed by atoms with Gasteiger partial charge in [0.25, 0.3) is 0 Å². The minimum atomic E-state index is -4.68. The lowest BCUT2D eigenvalue weighted by Crippen LogP contribution is -2.23. The van der Waals surface area contributed by atoms with E-state index in [1.807, 2.05) is 0 Å². The number of hydrogen-bond acceptors (Lipinski definition) is 2. The highest BCUT2D eigenvalue weighted by Gasteiger charge is 2.34. The third-order valence-corrected chi connectivity index (χ3v) is 5.02. The van der Waals surface area contributed by atoms with E-state index in [0.717, 1.165) is 24.3 Å². The Labute approximate surface area is 138 Å². The summed E-state index contributed by atoms with van der Waals surface area (Å²) in [7, 11) is -4.13. The Morgan fingerprint density at radius 3 is 2.22 bits per heavy atom. The van der Waals surface area contributed by atoms with Crippen molar-refractivity contribution in [1.29, 1.82) is 0 Å². The fraction of sp³-hybridized carbons (Fsp3) is 0.143. The summed E-state index contributed by atoms with van der Waals surface area (Å²) < 4.78 is 77.4. The number of hydrogen-bond donors (Lipinski definition) is 1. The lowest BCUT2D eigenvalue weighted by atomic mass is 10.2. The molecule has 0 spiro atoms. The lowest BCUT2D eigenvalue weighted by molar-refractivity contribution is -0.138. The Balaban J connectivity index is 2.24. The third kappa shape index (κ3) is 4.52. The van der Waals surface area contributed by atoms with Gasteiger partial charge in [-0.25, -0.2) is 17.5 Å². The van der Waals surface area contributed by atoms with Crippen LogP contribution in [0.15, 0.2) is 51.8 Å². The fourth-order valence-corrected chi connectivity index (χ4v) is 3.27. The molecule has 23 heavy (non-hydrogen) atoms. The van der Waals surface area contributed by atoms with E-state index in [4.69, 9.17) is 0 Å². The zero-order chi connectivity index (χ0) is 17.3. The zero-order valence-corrected chi connectivity index (χ0v) is 13.8. The monoisotopic (exact) mass is 411 g/mol. The van der Waals surface area contributed by atoms with E-state index in [1.54, 1.807) is 0 Å². The number of nitrogens with one attached hydrogen (secondary N) is 1. The summed E-state index contributed by atoms with van der Waals surface area (Å²) in [5.41, 5.74) is -0.606. The first-order chi connectivity index (χ1) is 10.6. The van der Waals surface area contributed by atoms with Crippen LogP contribution in [0.2, 0.25) is 0 Å². The van der Waals surface area contributed by atoms with E-state index < -0.39 is 32.5 Å². The van der Waals surface area contributed by atoms with Crippen LogP contribution in [-0.2, 0) is 22.7 Å². The topological polar surface area (TPSA) is 46.2 Å². The van der Waals surface area contributed by atoms with Gasteiger partial charge in [0.2, 0.25) is 10.0 Å². The minimum absolute atomic E-state index is 0.167. The predicted octanol–water partition coefficient (Wildman–Crippen LogP) is 4.09. The normalized spacial score (nSPS) is 12.4. The molecule has 2 aromatic rings. The highest BCUT2D eigenvalue weighted by Crippen LogP contribution is 2.36. The van der Waals surface area contributed by atoms with Crippen LogP contribution in [0.5, 0.6) is 0 Å². The van der Waals surface area contributed by atoms with Crippen LogP contribution in [0.3, 0.4) is 0 Å². The Bertz CT molecular complexity index is 805. The van der Waals surface area contributed by atoms with Crippen molar-refractivity contribution in [3.63, 3.8) is 0 Å². The second kappa shape index (κ2) is 6.58. The molecule has 2 rings (SSSR count). The number of sulfonamides is 1.